The molecule has 0 aliphatic heterocycles. The van der Waals surface area contributed by atoms with Crippen LogP contribution in [0.4, 0.5) is 0 Å². The monoisotopic (exact) mass is 352 g/mol. The molecule has 0 unspecified atom stereocenters. The molecule has 0 radical (unpaired) electrons. The van der Waals surface area contributed by atoms with Crippen molar-refractivity contribution < 1.29 is 9.31 Å². The van der Waals surface area contributed by atoms with E-state index in [9.17, 15) is 0 Å². The van der Waals surface area contributed by atoms with Gasteiger partial charge in [0.2, 0.25) is 0 Å². The van der Waals surface area contributed by atoms with E-state index in [0.717, 1.165) is 22.3 Å². The molecule has 0 bridgehead atoms. The third-order valence-electron chi connectivity index (χ3n) is 4.09. The summed E-state index contributed by atoms with van der Waals surface area (Å²) in [4.78, 5) is 8.50. The first kappa shape index (κ1) is 16.9. The lowest BCUT2D eigenvalue weighted by Gasteiger charge is -2.09. The molecular weight excluding hydrogens is 335 g/mol. The van der Waals surface area contributed by atoms with Crippen LogP contribution in [0.3, 0.4) is 0 Å². The Morgan fingerprint density at radius 2 is 0.963 bits per heavy atom. The summed E-state index contributed by atoms with van der Waals surface area (Å²) >= 11 is 0. The quantitative estimate of drug-likeness (QED) is 0.478. The molecule has 0 aliphatic carbocycles. The fraction of sp³-hybridized carbons (Fsp3) is 0. The average molecular weight is 352 g/mol. The number of aromatic nitrogens is 2. The molecule has 0 aliphatic rings. The van der Waals surface area contributed by atoms with Gasteiger partial charge in [0.15, 0.2) is 0 Å². The van der Waals surface area contributed by atoms with Crippen molar-refractivity contribution in [2.24, 2.45) is 0 Å². The zero-order chi connectivity index (χ0) is 18.3. The van der Waals surface area contributed by atoms with Gasteiger partial charge in [-0.25, -0.2) is 0 Å². The van der Waals surface area contributed by atoms with E-state index in [1.54, 1.807) is 12.4 Å². The molecule has 0 fully saturated rings. The molecule has 0 atom stereocenters. The van der Waals surface area contributed by atoms with Crippen molar-refractivity contribution in [3.63, 3.8) is 0 Å². The number of rotatable bonds is 6. The first-order valence-corrected chi connectivity index (χ1v) is 8.65. The Labute approximate surface area is 158 Å². The maximum Gasteiger partial charge on any atom is 0.576 e. The minimum atomic E-state index is 0.0832. The van der Waals surface area contributed by atoms with Crippen LogP contribution in [0, 0.1) is 0 Å². The van der Waals surface area contributed by atoms with Gasteiger partial charge in [0.1, 0.15) is 11.5 Å². The lowest BCUT2D eigenvalue weighted by Crippen LogP contribution is -2.11. The minimum absolute atomic E-state index is 0.0832. The average Bonchev–Trinajstić information content (AvgIpc) is 2.75. The summed E-state index contributed by atoms with van der Waals surface area (Å²) < 4.78 is 11.4. The molecule has 4 nitrogen and oxygen atoms in total. The summed E-state index contributed by atoms with van der Waals surface area (Å²) in [5, 5.41) is 0. The highest BCUT2D eigenvalue weighted by molar-refractivity contribution is 6.20. The summed E-state index contributed by atoms with van der Waals surface area (Å²) in [6.07, 6.45) is 6.98. The first-order chi connectivity index (χ1) is 13.4. The molecule has 5 heteroatoms. The van der Waals surface area contributed by atoms with E-state index in [1.165, 1.54) is 0 Å². The van der Waals surface area contributed by atoms with Crippen molar-refractivity contribution in [1.82, 2.24) is 9.97 Å². The van der Waals surface area contributed by atoms with E-state index < -0.39 is 0 Å². The predicted octanol–water partition coefficient (Wildman–Crippen LogP) is 4.53. The van der Waals surface area contributed by atoms with Crippen LogP contribution in [0.2, 0.25) is 0 Å². The zero-order valence-electron chi connectivity index (χ0n) is 14.7. The van der Waals surface area contributed by atoms with Gasteiger partial charge in [-0.3, -0.25) is 9.97 Å². The summed E-state index contributed by atoms with van der Waals surface area (Å²) in [5.74, 6) is 1.31. The summed E-state index contributed by atoms with van der Waals surface area (Å²) in [5.41, 5.74) is 4.19. The smallest absolute Gasteiger partial charge is 0.527 e. The maximum absolute atomic E-state index is 5.71. The highest BCUT2D eigenvalue weighted by Gasteiger charge is 2.05. The standard InChI is InChI=1S/C22H17BN2O2/c1-3-7-17(8-4-1)19-11-21(15-24-13-19)26-23-27-22-12-20(14-25-16-22)18-9-5-2-6-10-18/h1-16,23H. The zero-order valence-corrected chi connectivity index (χ0v) is 14.7. The Balaban J connectivity index is 1.41. The second-order valence-corrected chi connectivity index (χ2v) is 5.96. The van der Waals surface area contributed by atoms with Gasteiger partial charge < -0.3 is 9.31 Å². The van der Waals surface area contributed by atoms with Crippen LogP contribution >= 0.6 is 0 Å². The highest BCUT2D eigenvalue weighted by Crippen LogP contribution is 2.23. The van der Waals surface area contributed by atoms with Crippen molar-refractivity contribution in [3.8, 4) is 33.8 Å². The van der Waals surface area contributed by atoms with E-state index in [4.69, 9.17) is 9.31 Å². The Morgan fingerprint density at radius 3 is 1.41 bits per heavy atom. The number of nitrogens with zero attached hydrogens (tertiary/aromatic N) is 2. The molecule has 27 heavy (non-hydrogen) atoms. The normalized spacial score (nSPS) is 10.2. The maximum atomic E-state index is 5.71. The van der Waals surface area contributed by atoms with Crippen LogP contribution in [0.1, 0.15) is 0 Å². The summed E-state index contributed by atoms with van der Waals surface area (Å²) in [6, 6.07) is 24.0. The minimum Gasteiger partial charge on any atom is -0.527 e. The van der Waals surface area contributed by atoms with Crippen molar-refractivity contribution in [2.75, 3.05) is 0 Å². The molecular formula is C22H17BN2O2. The van der Waals surface area contributed by atoms with Crippen LogP contribution in [0.15, 0.2) is 97.6 Å². The molecule has 0 N–H and O–H groups in total. The van der Waals surface area contributed by atoms with Gasteiger partial charge in [-0.15, -0.1) is 0 Å². The summed E-state index contributed by atoms with van der Waals surface area (Å²) in [7, 11) is 0.0832. The molecule has 2 heterocycles. The van der Waals surface area contributed by atoms with Crippen LogP contribution in [-0.2, 0) is 0 Å². The molecule has 0 saturated carbocycles. The van der Waals surface area contributed by atoms with Gasteiger partial charge in [0.05, 0.1) is 12.4 Å². The largest absolute Gasteiger partial charge is 0.576 e. The van der Waals surface area contributed by atoms with E-state index in [2.05, 4.69) is 9.97 Å². The first-order valence-electron chi connectivity index (χ1n) is 8.65. The van der Waals surface area contributed by atoms with Crippen molar-refractivity contribution >= 4 is 7.69 Å². The Bertz CT molecular complexity index is 928. The van der Waals surface area contributed by atoms with Crippen molar-refractivity contribution in [1.29, 1.82) is 0 Å². The Kier molecular flexibility index (Phi) is 5.11. The van der Waals surface area contributed by atoms with Crippen molar-refractivity contribution in [3.05, 3.63) is 97.6 Å². The fourth-order valence-electron chi connectivity index (χ4n) is 2.74. The van der Waals surface area contributed by atoms with E-state index in [-0.39, 0.29) is 7.69 Å². The van der Waals surface area contributed by atoms with Gasteiger partial charge in [0, 0.05) is 23.5 Å². The number of pyridine rings is 2. The molecule has 130 valence electrons. The molecule has 0 saturated heterocycles. The predicted molar refractivity (Wildman–Crippen MR) is 108 cm³/mol. The molecule has 2 aromatic carbocycles. The van der Waals surface area contributed by atoms with E-state index >= 15 is 0 Å². The van der Waals surface area contributed by atoms with E-state index in [1.807, 2.05) is 85.2 Å². The van der Waals surface area contributed by atoms with Crippen molar-refractivity contribution in [2.45, 2.75) is 0 Å². The highest BCUT2D eigenvalue weighted by atomic mass is 16.6. The Morgan fingerprint density at radius 1 is 0.519 bits per heavy atom. The molecule has 0 amide bonds. The SMILES string of the molecule is B(Oc1cncc(-c2ccccc2)c1)Oc1cncc(-c2ccccc2)c1. The molecule has 0 spiro atoms. The molecule has 2 aromatic heterocycles. The van der Waals surface area contributed by atoms with Crippen LogP contribution < -0.4 is 9.31 Å². The van der Waals surface area contributed by atoms with Crippen LogP contribution in [0.25, 0.3) is 22.3 Å². The topological polar surface area (TPSA) is 44.2 Å². The number of benzene rings is 2. The fourth-order valence-corrected chi connectivity index (χ4v) is 2.74. The lowest BCUT2D eigenvalue weighted by atomic mass is 10.1. The second-order valence-electron chi connectivity index (χ2n) is 5.96. The van der Waals surface area contributed by atoms with Crippen LogP contribution in [-0.4, -0.2) is 17.7 Å². The number of hydrogen-bond acceptors (Lipinski definition) is 4. The van der Waals surface area contributed by atoms with E-state index in [0.29, 0.717) is 11.5 Å². The van der Waals surface area contributed by atoms with Crippen LogP contribution in [0.5, 0.6) is 11.5 Å². The van der Waals surface area contributed by atoms with Gasteiger partial charge >= 0.3 is 7.69 Å². The van der Waals surface area contributed by atoms with Gasteiger partial charge in [0.25, 0.3) is 0 Å². The lowest BCUT2D eigenvalue weighted by molar-refractivity contribution is 0.457. The van der Waals surface area contributed by atoms with Gasteiger partial charge in [-0.1, -0.05) is 60.7 Å². The molecule has 4 aromatic rings. The Hall–Kier alpha value is -3.60. The van der Waals surface area contributed by atoms with Gasteiger partial charge in [-0.05, 0) is 23.3 Å². The molecule has 4 rings (SSSR count). The third kappa shape index (κ3) is 4.33. The summed E-state index contributed by atoms with van der Waals surface area (Å²) in [6.45, 7) is 0. The third-order valence-corrected chi connectivity index (χ3v) is 4.09. The van der Waals surface area contributed by atoms with Gasteiger partial charge in [-0.2, -0.15) is 0 Å². The number of hydrogen-bond donors (Lipinski definition) is 0. The second kappa shape index (κ2) is 8.19.